The molecule has 0 aliphatic carbocycles. The standard InChI is InChI=1S/C14H20N2O3S.ClH/c1-10-4-6-15-9-13(10)16-20(17,18)12-2-3-14-11(8-12)5-7-19-14;/h2-3,8,10,13,15-16H,4-7,9H2,1H3;1H. The first-order valence-corrected chi connectivity index (χ1v) is 8.53. The average molecular weight is 333 g/mol. The van der Waals surface area contributed by atoms with Gasteiger partial charge in [-0.25, -0.2) is 13.1 Å². The monoisotopic (exact) mass is 332 g/mol. The summed E-state index contributed by atoms with van der Waals surface area (Å²) in [5.74, 6) is 1.15. The number of hydrogen-bond donors (Lipinski definition) is 2. The third-order valence-electron chi connectivity index (χ3n) is 4.11. The average Bonchev–Trinajstić information content (AvgIpc) is 2.88. The molecule has 2 N–H and O–H groups in total. The van der Waals surface area contributed by atoms with Gasteiger partial charge >= 0.3 is 0 Å². The molecule has 3 rings (SSSR count). The second-order valence-corrected chi connectivity index (χ2v) is 7.28. The fourth-order valence-electron chi connectivity index (χ4n) is 2.74. The van der Waals surface area contributed by atoms with Crippen molar-refractivity contribution in [2.24, 2.45) is 5.92 Å². The molecule has 7 heteroatoms. The molecule has 0 amide bonds. The SMILES string of the molecule is CC1CCNCC1NS(=O)(=O)c1ccc2c(c1)CCO2.Cl. The van der Waals surface area contributed by atoms with Crippen LogP contribution < -0.4 is 14.8 Å². The largest absolute Gasteiger partial charge is 0.493 e. The minimum atomic E-state index is -3.46. The Morgan fingerprint density at radius 1 is 1.38 bits per heavy atom. The third-order valence-corrected chi connectivity index (χ3v) is 5.59. The Bertz CT molecular complexity index is 606. The van der Waals surface area contributed by atoms with Crippen LogP contribution in [0.5, 0.6) is 5.75 Å². The smallest absolute Gasteiger partial charge is 0.240 e. The van der Waals surface area contributed by atoms with E-state index in [-0.39, 0.29) is 18.4 Å². The molecule has 0 spiro atoms. The summed E-state index contributed by atoms with van der Waals surface area (Å²) in [5.41, 5.74) is 0.975. The molecule has 5 nitrogen and oxygen atoms in total. The van der Waals surface area contributed by atoms with Gasteiger partial charge in [0.05, 0.1) is 11.5 Å². The van der Waals surface area contributed by atoms with Crippen molar-refractivity contribution in [2.75, 3.05) is 19.7 Å². The lowest BCUT2D eigenvalue weighted by molar-refractivity contribution is 0.327. The lowest BCUT2D eigenvalue weighted by Crippen LogP contribution is -2.50. The van der Waals surface area contributed by atoms with Gasteiger partial charge in [0.25, 0.3) is 0 Å². The summed E-state index contributed by atoms with van der Waals surface area (Å²) < 4.78 is 33.2. The van der Waals surface area contributed by atoms with E-state index in [2.05, 4.69) is 17.0 Å². The van der Waals surface area contributed by atoms with E-state index in [0.717, 1.165) is 30.7 Å². The molecular formula is C14H21ClN2O3S. The number of ether oxygens (including phenoxy) is 1. The molecule has 1 saturated heterocycles. The van der Waals surface area contributed by atoms with Gasteiger partial charge in [-0.1, -0.05) is 6.92 Å². The van der Waals surface area contributed by atoms with Crippen LogP contribution in [0.2, 0.25) is 0 Å². The third kappa shape index (κ3) is 3.51. The summed E-state index contributed by atoms with van der Waals surface area (Å²) in [6.07, 6.45) is 1.77. The van der Waals surface area contributed by atoms with Crippen LogP contribution in [0.4, 0.5) is 0 Å². The maximum atomic E-state index is 12.5. The van der Waals surface area contributed by atoms with Crippen LogP contribution >= 0.6 is 12.4 Å². The Labute approximate surface area is 131 Å². The van der Waals surface area contributed by atoms with Crippen LogP contribution in [-0.2, 0) is 16.4 Å². The molecule has 118 valence electrons. The molecule has 2 aliphatic heterocycles. The zero-order valence-corrected chi connectivity index (χ0v) is 13.6. The summed E-state index contributed by atoms with van der Waals surface area (Å²) in [6, 6.07) is 5.05. The Balaban J connectivity index is 0.00000161. The first kappa shape index (κ1) is 16.5. The highest BCUT2D eigenvalue weighted by atomic mass is 35.5. The maximum absolute atomic E-state index is 12.5. The van der Waals surface area contributed by atoms with Crippen LogP contribution in [0.25, 0.3) is 0 Å². The molecule has 1 aromatic rings. The topological polar surface area (TPSA) is 67.4 Å². The van der Waals surface area contributed by atoms with Gasteiger partial charge in [0.15, 0.2) is 0 Å². The van der Waals surface area contributed by atoms with Gasteiger partial charge in [-0.2, -0.15) is 0 Å². The maximum Gasteiger partial charge on any atom is 0.240 e. The van der Waals surface area contributed by atoms with Crippen molar-refractivity contribution in [3.8, 4) is 5.75 Å². The summed E-state index contributed by atoms with van der Waals surface area (Å²) in [5, 5.41) is 3.23. The summed E-state index contributed by atoms with van der Waals surface area (Å²) >= 11 is 0. The van der Waals surface area contributed by atoms with Crippen LogP contribution in [0, 0.1) is 5.92 Å². The van der Waals surface area contributed by atoms with Crippen molar-refractivity contribution < 1.29 is 13.2 Å². The summed E-state index contributed by atoms with van der Waals surface area (Å²) in [6.45, 7) is 4.37. The molecule has 0 saturated carbocycles. The zero-order chi connectivity index (χ0) is 14.2. The number of rotatable bonds is 3. The molecule has 1 fully saturated rings. The van der Waals surface area contributed by atoms with E-state index in [1.165, 1.54) is 0 Å². The molecule has 0 bridgehead atoms. The first-order valence-electron chi connectivity index (χ1n) is 7.05. The predicted molar refractivity (Wildman–Crippen MR) is 83.6 cm³/mol. The molecule has 0 aromatic heterocycles. The second-order valence-electron chi connectivity index (χ2n) is 5.57. The van der Waals surface area contributed by atoms with Gasteiger partial charge in [-0.05, 0) is 42.6 Å². The van der Waals surface area contributed by atoms with Crippen molar-refractivity contribution in [1.29, 1.82) is 0 Å². The van der Waals surface area contributed by atoms with E-state index in [1.54, 1.807) is 18.2 Å². The van der Waals surface area contributed by atoms with E-state index in [9.17, 15) is 8.42 Å². The molecule has 0 radical (unpaired) electrons. The normalized spacial score (nSPS) is 24.8. The number of hydrogen-bond acceptors (Lipinski definition) is 4. The van der Waals surface area contributed by atoms with Crippen molar-refractivity contribution in [2.45, 2.75) is 30.7 Å². The van der Waals surface area contributed by atoms with Crippen molar-refractivity contribution >= 4 is 22.4 Å². The van der Waals surface area contributed by atoms with Gasteiger partial charge in [0, 0.05) is 19.0 Å². The molecule has 2 heterocycles. The van der Waals surface area contributed by atoms with Gasteiger partial charge in [-0.15, -0.1) is 12.4 Å². The van der Waals surface area contributed by atoms with Crippen molar-refractivity contribution in [3.63, 3.8) is 0 Å². The minimum absolute atomic E-state index is 0. The Morgan fingerprint density at radius 3 is 2.95 bits per heavy atom. The lowest BCUT2D eigenvalue weighted by atomic mass is 9.96. The number of piperidine rings is 1. The number of halogens is 1. The Kier molecular flexibility index (Phi) is 5.14. The molecule has 1 aromatic carbocycles. The number of fused-ring (bicyclic) bond motifs is 1. The minimum Gasteiger partial charge on any atom is -0.493 e. The summed E-state index contributed by atoms with van der Waals surface area (Å²) in [4.78, 5) is 0.333. The Hall–Kier alpha value is -0.820. The molecule has 21 heavy (non-hydrogen) atoms. The fraction of sp³-hybridized carbons (Fsp3) is 0.571. The van der Waals surface area contributed by atoms with Gasteiger partial charge < -0.3 is 10.1 Å². The van der Waals surface area contributed by atoms with Crippen LogP contribution in [0.1, 0.15) is 18.9 Å². The van der Waals surface area contributed by atoms with Gasteiger partial charge in [0.2, 0.25) is 10.0 Å². The predicted octanol–water partition coefficient (Wildman–Crippen LogP) is 1.32. The fourth-order valence-corrected chi connectivity index (χ4v) is 4.14. The first-order chi connectivity index (χ1) is 9.56. The second kappa shape index (κ2) is 6.52. The quantitative estimate of drug-likeness (QED) is 0.876. The van der Waals surface area contributed by atoms with E-state index >= 15 is 0 Å². The van der Waals surface area contributed by atoms with E-state index in [4.69, 9.17) is 4.74 Å². The van der Waals surface area contributed by atoms with Gasteiger partial charge in [-0.3, -0.25) is 0 Å². The molecule has 2 atom stereocenters. The lowest BCUT2D eigenvalue weighted by Gasteiger charge is -2.30. The molecule has 2 unspecified atom stereocenters. The van der Waals surface area contributed by atoms with E-state index < -0.39 is 10.0 Å². The van der Waals surface area contributed by atoms with Crippen molar-refractivity contribution in [1.82, 2.24) is 10.0 Å². The highest BCUT2D eigenvalue weighted by molar-refractivity contribution is 7.89. The van der Waals surface area contributed by atoms with Crippen LogP contribution in [0.3, 0.4) is 0 Å². The number of benzene rings is 1. The number of sulfonamides is 1. The molecular weight excluding hydrogens is 312 g/mol. The van der Waals surface area contributed by atoms with Crippen LogP contribution in [0.15, 0.2) is 23.1 Å². The highest BCUT2D eigenvalue weighted by Gasteiger charge is 2.27. The van der Waals surface area contributed by atoms with E-state index in [1.807, 2.05) is 0 Å². The molecule has 2 aliphatic rings. The number of nitrogens with one attached hydrogen (secondary N) is 2. The van der Waals surface area contributed by atoms with E-state index in [0.29, 0.717) is 24.0 Å². The summed E-state index contributed by atoms with van der Waals surface area (Å²) in [7, 11) is -3.46. The van der Waals surface area contributed by atoms with Crippen LogP contribution in [-0.4, -0.2) is 34.2 Å². The van der Waals surface area contributed by atoms with Crippen molar-refractivity contribution in [3.05, 3.63) is 23.8 Å². The van der Waals surface area contributed by atoms with Gasteiger partial charge in [0.1, 0.15) is 5.75 Å². The Morgan fingerprint density at radius 2 is 2.19 bits per heavy atom. The highest BCUT2D eigenvalue weighted by Crippen LogP contribution is 2.27. The zero-order valence-electron chi connectivity index (χ0n) is 12.0.